The van der Waals surface area contributed by atoms with Crippen molar-refractivity contribution in [2.24, 2.45) is 0 Å². The Bertz CT molecular complexity index is 1280. The number of tetrazole rings is 1. The highest BCUT2D eigenvalue weighted by Gasteiger charge is 2.35. The monoisotopic (exact) mass is 472 g/mol. The number of hydrogen-bond donors (Lipinski definition) is 0. The van der Waals surface area contributed by atoms with Gasteiger partial charge in [-0.1, -0.05) is 23.4 Å². The third kappa shape index (κ3) is 3.82. The minimum Gasteiger partial charge on any atom is -0.287 e. The van der Waals surface area contributed by atoms with Crippen molar-refractivity contribution in [1.82, 2.24) is 29.8 Å². The number of aromatic nitrogens is 6. The van der Waals surface area contributed by atoms with Gasteiger partial charge in [0, 0.05) is 11.6 Å². The number of hydrogen-bond acceptors (Lipinski definition) is 7. The van der Waals surface area contributed by atoms with Crippen molar-refractivity contribution in [2.45, 2.75) is 30.6 Å². The number of benzene rings is 1. The molecule has 0 atom stereocenters. The molecule has 30 heavy (non-hydrogen) atoms. The van der Waals surface area contributed by atoms with Gasteiger partial charge >= 0.3 is 6.18 Å². The highest BCUT2D eigenvalue weighted by atomic mass is 35.5. The van der Waals surface area contributed by atoms with Gasteiger partial charge in [0.15, 0.2) is 11.0 Å². The van der Waals surface area contributed by atoms with Crippen molar-refractivity contribution in [1.29, 1.82) is 0 Å². The molecule has 0 aliphatic heterocycles. The maximum absolute atomic E-state index is 13.5. The summed E-state index contributed by atoms with van der Waals surface area (Å²) in [5, 5.41) is 13.3. The Morgan fingerprint density at radius 2 is 2.07 bits per heavy atom. The molecular weight excluding hydrogens is 461 g/mol. The first-order chi connectivity index (χ1) is 14.3. The summed E-state index contributed by atoms with van der Waals surface area (Å²) in [7, 11) is 0. The van der Waals surface area contributed by atoms with Crippen LogP contribution in [0.2, 0.25) is 5.02 Å². The van der Waals surface area contributed by atoms with E-state index >= 15 is 0 Å². The minimum absolute atomic E-state index is 0.0460. The largest absolute Gasteiger partial charge is 0.418 e. The van der Waals surface area contributed by atoms with Crippen molar-refractivity contribution in [3.63, 3.8) is 0 Å². The zero-order valence-corrected chi connectivity index (χ0v) is 17.6. The Balaban J connectivity index is 1.70. The van der Waals surface area contributed by atoms with Crippen molar-refractivity contribution in [3.8, 4) is 5.69 Å². The fourth-order valence-electron chi connectivity index (χ4n) is 2.84. The summed E-state index contributed by atoms with van der Waals surface area (Å²) in [6.45, 7) is 2.22. The van der Waals surface area contributed by atoms with Crippen LogP contribution in [0.5, 0.6) is 0 Å². The highest BCUT2D eigenvalue weighted by Crippen LogP contribution is 2.36. The van der Waals surface area contributed by atoms with E-state index < -0.39 is 11.7 Å². The second-order valence-electron chi connectivity index (χ2n) is 6.03. The Morgan fingerprint density at radius 3 is 2.80 bits per heavy atom. The Labute approximate surface area is 180 Å². The predicted molar refractivity (Wildman–Crippen MR) is 108 cm³/mol. The average molecular weight is 473 g/mol. The molecule has 4 aromatic rings. The summed E-state index contributed by atoms with van der Waals surface area (Å²) in [6, 6.07) is 5.13. The zero-order valence-electron chi connectivity index (χ0n) is 15.2. The predicted octanol–water partition coefficient (Wildman–Crippen LogP) is 4.42. The fourth-order valence-corrected chi connectivity index (χ4v) is 4.76. The van der Waals surface area contributed by atoms with Crippen LogP contribution in [0.3, 0.4) is 0 Å². The standard InChI is InChI=1S/C17H12ClF3N6OS2/c1-2-26-15(28)14-11(5-6-29-14)22-16(26)30-8-13-23-24-25-27(13)12-4-3-9(18)7-10(12)17(19,20)21/h3-7H,2,8H2,1H3. The van der Waals surface area contributed by atoms with E-state index in [2.05, 4.69) is 20.5 Å². The van der Waals surface area contributed by atoms with Crippen molar-refractivity contribution in [3.05, 3.63) is 56.4 Å². The summed E-state index contributed by atoms with van der Waals surface area (Å²) < 4.78 is 43.5. The highest BCUT2D eigenvalue weighted by molar-refractivity contribution is 7.98. The summed E-state index contributed by atoms with van der Waals surface area (Å²) in [4.78, 5) is 17.1. The van der Waals surface area contributed by atoms with Gasteiger partial charge in [0.25, 0.3) is 5.56 Å². The number of halogens is 4. The Kier molecular flexibility index (Phi) is 5.55. The topological polar surface area (TPSA) is 78.5 Å². The maximum Gasteiger partial charge on any atom is 0.418 e. The van der Waals surface area contributed by atoms with Crippen LogP contribution in [-0.2, 0) is 18.5 Å². The third-order valence-electron chi connectivity index (χ3n) is 4.20. The van der Waals surface area contributed by atoms with Gasteiger partial charge in [-0.05, 0) is 47.0 Å². The van der Waals surface area contributed by atoms with E-state index in [1.807, 2.05) is 6.92 Å². The van der Waals surface area contributed by atoms with E-state index in [1.165, 1.54) is 39.8 Å². The third-order valence-corrected chi connectivity index (χ3v) is 6.30. The van der Waals surface area contributed by atoms with E-state index in [-0.39, 0.29) is 27.8 Å². The molecule has 0 aliphatic rings. The number of nitrogens with zero attached hydrogens (tertiary/aromatic N) is 6. The molecule has 0 N–H and O–H groups in total. The molecule has 156 valence electrons. The molecule has 3 heterocycles. The molecule has 0 unspecified atom stereocenters. The van der Waals surface area contributed by atoms with E-state index in [9.17, 15) is 18.0 Å². The molecule has 0 radical (unpaired) electrons. The van der Waals surface area contributed by atoms with Crippen molar-refractivity contribution < 1.29 is 13.2 Å². The van der Waals surface area contributed by atoms with Crippen molar-refractivity contribution in [2.75, 3.05) is 0 Å². The Morgan fingerprint density at radius 1 is 1.27 bits per heavy atom. The van der Waals surface area contributed by atoms with Crippen molar-refractivity contribution >= 4 is 44.9 Å². The van der Waals surface area contributed by atoms with Crippen LogP contribution in [0.4, 0.5) is 13.2 Å². The van der Waals surface area contributed by atoms with Crippen LogP contribution in [0.15, 0.2) is 39.6 Å². The summed E-state index contributed by atoms with van der Waals surface area (Å²) >= 11 is 8.23. The van der Waals surface area contributed by atoms with E-state index in [0.29, 0.717) is 21.9 Å². The first-order valence-corrected chi connectivity index (χ1v) is 10.8. The van der Waals surface area contributed by atoms with Gasteiger partial charge in [0.2, 0.25) is 0 Å². The first kappa shape index (κ1) is 20.8. The lowest BCUT2D eigenvalue weighted by atomic mass is 10.1. The van der Waals surface area contributed by atoms with Crippen LogP contribution in [0, 0.1) is 0 Å². The number of fused-ring (bicyclic) bond motifs is 1. The zero-order chi connectivity index (χ0) is 21.5. The SMILES string of the molecule is CCn1c(SCc2nnnn2-c2ccc(Cl)cc2C(F)(F)F)nc2ccsc2c1=O. The quantitative estimate of drug-likeness (QED) is 0.316. The molecule has 0 aliphatic carbocycles. The first-order valence-electron chi connectivity index (χ1n) is 8.54. The van der Waals surface area contributed by atoms with Crippen LogP contribution >= 0.6 is 34.7 Å². The van der Waals surface area contributed by atoms with Gasteiger partial charge in [-0.25, -0.2) is 4.98 Å². The fraction of sp³-hybridized carbons (Fsp3) is 0.235. The van der Waals surface area contributed by atoms with Gasteiger partial charge in [0.05, 0.1) is 22.5 Å². The van der Waals surface area contributed by atoms with Gasteiger partial charge in [-0.3, -0.25) is 9.36 Å². The number of thioether (sulfide) groups is 1. The summed E-state index contributed by atoms with van der Waals surface area (Å²) in [6.07, 6.45) is -4.63. The number of thiophene rings is 1. The normalized spacial score (nSPS) is 12.0. The molecule has 0 fully saturated rings. The maximum atomic E-state index is 13.5. The molecule has 7 nitrogen and oxygen atoms in total. The molecule has 13 heteroatoms. The van der Waals surface area contributed by atoms with E-state index in [4.69, 9.17) is 11.6 Å². The van der Waals surface area contributed by atoms with Gasteiger partial charge in [0.1, 0.15) is 4.70 Å². The van der Waals surface area contributed by atoms with Crippen LogP contribution in [0.1, 0.15) is 18.3 Å². The molecule has 4 rings (SSSR count). The van der Waals surface area contributed by atoms with Gasteiger partial charge in [-0.15, -0.1) is 16.4 Å². The summed E-state index contributed by atoms with van der Waals surface area (Å²) in [5.41, 5.74) is -0.760. The molecule has 0 spiro atoms. The lowest BCUT2D eigenvalue weighted by Gasteiger charge is -2.14. The molecule has 0 saturated heterocycles. The van der Waals surface area contributed by atoms with Crippen LogP contribution in [0.25, 0.3) is 15.9 Å². The van der Waals surface area contributed by atoms with Crippen LogP contribution < -0.4 is 5.56 Å². The molecule has 3 aromatic heterocycles. The second kappa shape index (κ2) is 8.00. The molecular formula is C17H12ClF3N6OS2. The average Bonchev–Trinajstić information content (AvgIpc) is 3.35. The lowest BCUT2D eigenvalue weighted by molar-refractivity contribution is -0.137. The van der Waals surface area contributed by atoms with E-state index in [0.717, 1.165) is 10.7 Å². The molecule has 1 aromatic carbocycles. The smallest absolute Gasteiger partial charge is 0.287 e. The molecule has 0 bridgehead atoms. The van der Waals surface area contributed by atoms with Crippen LogP contribution in [-0.4, -0.2) is 29.8 Å². The second-order valence-corrected chi connectivity index (χ2v) is 8.33. The van der Waals surface area contributed by atoms with Gasteiger partial charge < -0.3 is 0 Å². The molecule has 0 saturated carbocycles. The molecule has 0 amide bonds. The summed E-state index contributed by atoms with van der Waals surface area (Å²) in [5.74, 6) is 0.282. The Hall–Kier alpha value is -2.44. The number of alkyl halides is 3. The lowest BCUT2D eigenvalue weighted by Crippen LogP contribution is -2.21. The minimum atomic E-state index is -4.63. The van der Waals surface area contributed by atoms with E-state index in [1.54, 1.807) is 11.4 Å². The van der Waals surface area contributed by atoms with Gasteiger partial charge in [-0.2, -0.15) is 17.9 Å². The number of rotatable bonds is 5.